The minimum atomic E-state index is -4.68. The number of hydrogen-bond acceptors (Lipinski definition) is 3. The van der Waals surface area contributed by atoms with Gasteiger partial charge in [-0.1, -0.05) is 12.8 Å². The van der Waals surface area contributed by atoms with E-state index >= 15 is 0 Å². The first-order chi connectivity index (χ1) is 10.4. The molecule has 1 aliphatic rings. The zero-order valence-electron chi connectivity index (χ0n) is 12.6. The first-order valence-electron chi connectivity index (χ1n) is 7.39. The van der Waals surface area contributed by atoms with Crippen LogP contribution in [0.25, 0.3) is 0 Å². The molecule has 0 bridgehead atoms. The monoisotopic (exact) mass is 350 g/mol. The average Bonchev–Trinajstić information content (AvgIpc) is 2.42. The van der Waals surface area contributed by atoms with Crippen molar-refractivity contribution < 1.29 is 41.0 Å². The van der Waals surface area contributed by atoms with Gasteiger partial charge in [-0.15, -0.1) is 0 Å². The molecule has 0 aliphatic heterocycles. The molecule has 1 fully saturated rings. The molecule has 1 N–H and O–H groups in total. The Bertz CT molecular complexity index is 393. The van der Waals surface area contributed by atoms with Crippen molar-refractivity contribution in [3.8, 4) is 0 Å². The van der Waals surface area contributed by atoms with Gasteiger partial charge in [0.2, 0.25) is 0 Å². The summed E-state index contributed by atoms with van der Waals surface area (Å²) in [5, 5.41) is 9.07. The van der Waals surface area contributed by atoms with Gasteiger partial charge >= 0.3 is 18.3 Å². The molecule has 4 atom stereocenters. The van der Waals surface area contributed by atoms with Crippen LogP contribution in [0.4, 0.5) is 26.3 Å². The Kier molecular flexibility index (Phi) is 6.73. The van der Waals surface area contributed by atoms with Crippen molar-refractivity contribution in [2.75, 3.05) is 6.61 Å². The fraction of sp³-hybridized carbons (Fsp3) is 0.929. The average molecular weight is 350 g/mol. The Hall–Kier alpha value is -0.990. The number of alkyl halides is 6. The summed E-state index contributed by atoms with van der Waals surface area (Å²) in [5.74, 6) is -4.27. The second-order valence-corrected chi connectivity index (χ2v) is 6.09. The minimum absolute atomic E-state index is 0.238. The van der Waals surface area contributed by atoms with Crippen molar-refractivity contribution in [3.63, 3.8) is 0 Å². The van der Waals surface area contributed by atoms with Gasteiger partial charge in [0.1, 0.15) is 12.0 Å². The van der Waals surface area contributed by atoms with E-state index in [0.717, 1.165) is 0 Å². The second-order valence-electron chi connectivity index (χ2n) is 6.09. The van der Waals surface area contributed by atoms with Crippen molar-refractivity contribution in [2.45, 2.75) is 57.5 Å². The fourth-order valence-corrected chi connectivity index (χ4v) is 2.68. The summed E-state index contributed by atoms with van der Waals surface area (Å²) in [6.45, 7) is 0.462. The summed E-state index contributed by atoms with van der Waals surface area (Å²) in [6, 6.07) is 0. The molecule has 0 heterocycles. The molecule has 0 aromatic carbocycles. The summed E-state index contributed by atoms with van der Waals surface area (Å²) >= 11 is 0. The maximum absolute atomic E-state index is 12.3. The number of rotatable bonds is 5. The summed E-state index contributed by atoms with van der Waals surface area (Å²) in [6.07, 6.45) is -10.2. The van der Waals surface area contributed by atoms with Crippen LogP contribution in [0.5, 0.6) is 0 Å². The lowest BCUT2D eigenvalue weighted by Gasteiger charge is -2.30. The highest BCUT2D eigenvalue weighted by molar-refractivity contribution is 5.72. The van der Waals surface area contributed by atoms with Crippen LogP contribution in [0.1, 0.15) is 39.0 Å². The lowest BCUT2D eigenvalue weighted by molar-refractivity contribution is -0.209. The van der Waals surface area contributed by atoms with E-state index in [-0.39, 0.29) is 18.4 Å². The van der Waals surface area contributed by atoms with Gasteiger partial charge in [0.15, 0.2) is 0 Å². The molecule has 0 saturated heterocycles. The molecule has 0 amide bonds. The van der Waals surface area contributed by atoms with Gasteiger partial charge in [-0.3, -0.25) is 4.79 Å². The van der Waals surface area contributed by atoms with E-state index in [4.69, 9.17) is 5.11 Å². The van der Waals surface area contributed by atoms with Gasteiger partial charge in [-0.05, 0) is 38.0 Å². The van der Waals surface area contributed by atoms with Crippen LogP contribution in [0.15, 0.2) is 0 Å². The smallest absolute Gasteiger partial charge is 0.414 e. The summed E-state index contributed by atoms with van der Waals surface area (Å²) in [4.78, 5) is 11.3. The van der Waals surface area contributed by atoms with Gasteiger partial charge < -0.3 is 9.84 Å². The van der Waals surface area contributed by atoms with Gasteiger partial charge in [0, 0.05) is 0 Å². The third kappa shape index (κ3) is 6.56. The summed E-state index contributed by atoms with van der Waals surface area (Å²) in [5.41, 5.74) is 0. The molecule has 9 heteroatoms. The normalized spacial score (nSPS) is 25.7. The third-order valence-electron chi connectivity index (χ3n) is 4.13. The highest BCUT2D eigenvalue weighted by atomic mass is 19.4. The number of hydrogen-bond donors (Lipinski definition) is 1. The van der Waals surface area contributed by atoms with Crippen molar-refractivity contribution >= 4 is 5.97 Å². The fourth-order valence-electron chi connectivity index (χ4n) is 2.68. The number of carbonyl (C=O) groups is 1. The molecule has 1 saturated carbocycles. The van der Waals surface area contributed by atoms with Crippen molar-refractivity contribution in [1.82, 2.24) is 0 Å². The third-order valence-corrected chi connectivity index (χ3v) is 4.13. The molecule has 23 heavy (non-hydrogen) atoms. The number of esters is 1. The molecular formula is C14H20F6O3. The van der Waals surface area contributed by atoms with Crippen molar-refractivity contribution in [3.05, 3.63) is 0 Å². The quantitative estimate of drug-likeness (QED) is 0.605. The lowest BCUT2D eigenvalue weighted by atomic mass is 9.79. The summed E-state index contributed by atoms with van der Waals surface area (Å²) < 4.78 is 78.7. The highest BCUT2D eigenvalue weighted by Gasteiger charge is 2.43. The van der Waals surface area contributed by atoms with Crippen LogP contribution in [0.3, 0.4) is 0 Å². The molecular weight excluding hydrogens is 330 g/mol. The predicted molar refractivity (Wildman–Crippen MR) is 68.3 cm³/mol. The van der Waals surface area contributed by atoms with Crippen LogP contribution in [-0.4, -0.2) is 36.1 Å². The standard InChI is InChI=1S/C14H20F6O3/c1-8(13(15,16)17)12(22)23-7-10-4-2-3-9(5-10)6-11(21)14(18,19)20/h8-11,21H,2-7H2,1H3. The molecule has 0 radical (unpaired) electrons. The number of aliphatic hydroxyl groups excluding tert-OH is 1. The number of carbonyl (C=O) groups excluding carboxylic acids is 1. The van der Waals surface area contributed by atoms with E-state index in [9.17, 15) is 31.1 Å². The van der Waals surface area contributed by atoms with E-state index in [1.54, 1.807) is 0 Å². The van der Waals surface area contributed by atoms with Crippen LogP contribution in [0.2, 0.25) is 0 Å². The number of aliphatic hydroxyl groups is 1. The molecule has 4 unspecified atom stereocenters. The minimum Gasteiger partial charge on any atom is -0.465 e. The Morgan fingerprint density at radius 3 is 2.22 bits per heavy atom. The lowest BCUT2D eigenvalue weighted by Crippen LogP contribution is -2.33. The van der Waals surface area contributed by atoms with E-state index in [1.165, 1.54) is 0 Å². The second kappa shape index (κ2) is 7.72. The van der Waals surface area contributed by atoms with E-state index in [2.05, 4.69) is 4.74 Å². The van der Waals surface area contributed by atoms with Crippen LogP contribution in [-0.2, 0) is 9.53 Å². The zero-order valence-corrected chi connectivity index (χ0v) is 12.6. The first kappa shape index (κ1) is 20.1. The van der Waals surface area contributed by atoms with Gasteiger partial charge in [-0.2, -0.15) is 26.3 Å². The largest absolute Gasteiger partial charge is 0.465 e. The topological polar surface area (TPSA) is 46.5 Å². The number of halogens is 6. The van der Waals surface area contributed by atoms with Gasteiger partial charge in [0.05, 0.1) is 6.61 Å². The predicted octanol–water partition coefficient (Wildman–Crippen LogP) is 3.85. The molecule has 0 spiro atoms. The molecule has 1 aliphatic carbocycles. The van der Waals surface area contributed by atoms with Gasteiger partial charge in [0.25, 0.3) is 0 Å². The van der Waals surface area contributed by atoms with Crippen LogP contribution in [0, 0.1) is 17.8 Å². The van der Waals surface area contributed by atoms with Gasteiger partial charge in [-0.25, -0.2) is 0 Å². The Morgan fingerprint density at radius 1 is 1.13 bits per heavy atom. The Labute approximate surface area is 130 Å². The Balaban J connectivity index is 2.43. The Morgan fingerprint density at radius 2 is 1.70 bits per heavy atom. The molecule has 136 valence electrons. The molecule has 1 rings (SSSR count). The first-order valence-corrected chi connectivity index (χ1v) is 7.39. The number of ether oxygens (including phenoxy) is 1. The summed E-state index contributed by atoms with van der Waals surface area (Å²) in [7, 11) is 0. The van der Waals surface area contributed by atoms with Crippen molar-refractivity contribution in [2.24, 2.45) is 17.8 Å². The van der Waals surface area contributed by atoms with Crippen molar-refractivity contribution in [1.29, 1.82) is 0 Å². The maximum atomic E-state index is 12.3. The van der Waals surface area contributed by atoms with E-state index < -0.39 is 36.8 Å². The molecule has 3 nitrogen and oxygen atoms in total. The molecule has 0 aromatic heterocycles. The van der Waals surface area contributed by atoms with E-state index in [0.29, 0.717) is 32.6 Å². The SMILES string of the molecule is CC(C(=O)OCC1CCCC(CC(O)C(F)(F)F)C1)C(F)(F)F. The van der Waals surface area contributed by atoms with E-state index in [1.807, 2.05) is 0 Å². The zero-order chi connectivity index (χ0) is 17.8. The molecule has 0 aromatic rings. The van der Waals surface area contributed by atoms with Crippen LogP contribution >= 0.6 is 0 Å². The highest BCUT2D eigenvalue weighted by Crippen LogP contribution is 2.35. The maximum Gasteiger partial charge on any atom is 0.414 e. The van der Waals surface area contributed by atoms with Crippen LogP contribution < -0.4 is 0 Å².